The average Bonchev–Trinajstić information content (AvgIpc) is 2.47. The van der Waals surface area contributed by atoms with Gasteiger partial charge in [-0.1, -0.05) is 25.1 Å². The lowest BCUT2D eigenvalue weighted by Gasteiger charge is -2.31. The maximum Gasteiger partial charge on any atom is 0.278 e. The van der Waals surface area contributed by atoms with Crippen molar-refractivity contribution in [2.24, 2.45) is 5.73 Å². The summed E-state index contributed by atoms with van der Waals surface area (Å²) in [7, 11) is -3.59. The van der Waals surface area contributed by atoms with E-state index in [0.717, 1.165) is 12.8 Å². The van der Waals surface area contributed by atoms with Gasteiger partial charge in [0, 0.05) is 5.54 Å². The highest BCUT2D eigenvalue weighted by molar-refractivity contribution is 7.87. The maximum atomic E-state index is 12.0. The fraction of sp³-hybridized carbons (Fsp3) is 0.900. The van der Waals surface area contributed by atoms with Crippen LogP contribution in [0, 0.1) is 0 Å². The van der Waals surface area contributed by atoms with Crippen molar-refractivity contribution in [3.8, 4) is 0 Å². The van der Waals surface area contributed by atoms with Crippen LogP contribution in [-0.4, -0.2) is 24.5 Å². The fourth-order valence-electron chi connectivity index (χ4n) is 2.06. The van der Waals surface area contributed by atoms with Crippen molar-refractivity contribution in [1.29, 1.82) is 0 Å². The lowest BCUT2D eigenvalue weighted by atomic mass is 10.00. The minimum Gasteiger partial charge on any atom is -0.392 e. The van der Waals surface area contributed by atoms with Crippen LogP contribution >= 0.6 is 12.2 Å². The molecule has 1 fully saturated rings. The lowest BCUT2D eigenvalue weighted by Crippen LogP contribution is -2.59. The van der Waals surface area contributed by atoms with E-state index in [9.17, 15) is 8.42 Å². The molecule has 0 radical (unpaired) electrons. The third-order valence-electron chi connectivity index (χ3n) is 2.70. The van der Waals surface area contributed by atoms with E-state index in [2.05, 4.69) is 9.44 Å². The predicted octanol–water partition coefficient (Wildman–Crippen LogP) is 0.808. The standard InChI is InChI=1S/C10H21N3O2S2/c1-9(2,3)12-17(14,15)13-10(8(11)16)6-4-5-7-10/h12-13H,4-7H2,1-3H3,(H2,11,16). The van der Waals surface area contributed by atoms with Crippen LogP contribution in [0.4, 0.5) is 0 Å². The number of rotatable bonds is 4. The highest BCUT2D eigenvalue weighted by Crippen LogP contribution is 2.30. The summed E-state index contributed by atoms with van der Waals surface area (Å²) in [5.41, 5.74) is 4.41. The molecule has 0 amide bonds. The summed E-state index contributed by atoms with van der Waals surface area (Å²) < 4.78 is 29.1. The van der Waals surface area contributed by atoms with Crippen molar-refractivity contribution in [2.75, 3.05) is 0 Å². The fourth-order valence-corrected chi connectivity index (χ4v) is 4.07. The van der Waals surface area contributed by atoms with E-state index in [0.29, 0.717) is 12.8 Å². The summed E-state index contributed by atoms with van der Waals surface area (Å²) in [6.07, 6.45) is 3.23. The summed E-state index contributed by atoms with van der Waals surface area (Å²) >= 11 is 5.00. The Morgan fingerprint density at radius 3 is 2.12 bits per heavy atom. The van der Waals surface area contributed by atoms with Gasteiger partial charge in [0.1, 0.15) is 0 Å². The van der Waals surface area contributed by atoms with Crippen LogP contribution in [0.2, 0.25) is 0 Å². The molecule has 1 rings (SSSR count). The first-order valence-electron chi connectivity index (χ1n) is 5.69. The number of nitrogens with one attached hydrogen (secondary N) is 2. The van der Waals surface area contributed by atoms with Crippen molar-refractivity contribution < 1.29 is 8.42 Å². The van der Waals surface area contributed by atoms with E-state index >= 15 is 0 Å². The first-order valence-corrected chi connectivity index (χ1v) is 7.58. The molecule has 0 bridgehead atoms. The van der Waals surface area contributed by atoms with Crippen LogP contribution in [0.1, 0.15) is 46.5 Å². The first kappa shape index (κ1) is 14.8. The quantitative estimate of drug-likeness (QED) is 0.665. The van der Waals surface area contributed by atoms with E-state index in [1.165, 1.54) is 0 Å². The Kier molecular flexibility index (Phi) is 4.18. The molecular weight excluding hydrogens is 258 g/mol. The van der Waals surface area contributed by atoms with Gasteiger partial charge in [0.15, 0.2) is 0 Å². The molecular formula is C10H21N3O2S2. The molecule has 0 heterocycles. The molecule has 0 spiro atoms. The van der Waals surface area contributed by atoms with Gasteiger partial charge in [0.05, 0.1) is 10.5 Å². The molecule has 0 atom stereocenters. The van der Waals surface area contributed by atoms with E-state index in [4.69, 9.17) is 18.0 Å². The largest absolute Gasteiger partial charge is 0.392 e. The molecule has 4 N–H and O–H groups in total. The van der Waals surface area contributed by atoms with Gasteiger partial charge in [-0.2, -0.15) is 17.9 Å². The van der Waals surface area contributed by atoms with Crippen molar-refractivity contribution in [3.05, 3.63) is 0 Å². The van der Waals surface area contributed by atoms with Gasteiger partial charge in [-0.25, -0.2) is 0 Å². The minimum absolute atomic E-state index is 0.231. The van der Waals surface area contributed by atoms with Crippen LogP contribution in [-0.2, 0) is 10.2 Å². The van der Waals surface area contributed by atoms with E-state index in [1.54, 1.807) is 20.8 Å². The lowest BCUT2D eigenvalue weighted by molar-refractivity contribution is 0.456. The number of thiocarbonyl (C=S) groups is 1. The van der Waals surface area contributed by atoms with Crippen molar-refractivity contribution >= 4 is 27.4 Å². The molecule has 17 heavy (non-hydrogen) atoms. The topological polar surface area (TPSA) is 84.2 Å². The summed E-state index contributed by atoms with van der Waals surface area (Å²) in [6, 6.07) is 0. The summed E-state index contributed by atoms with van der Waals surface area (Å²) in [5, 5.41) is 0. The normalized spacial score (nSPS) is 20.4. The Hall–Kier alpha value is -0.240. The molecule has 1 saturated carbocycles. The Labute approximate surface area is 109 Å². The Balaban J connectivity index is 2.85. The minimum atomic E-state index is -3.59. The zero-order valence-electron chi connectivity index (χ0n) is 10.5. The molecule has 100 valence electrons. The third kappa shape index (κ3) is 4.17. The highest BCUT2D eigenvalue weighted by Gasteiger charge is 2.40. The molecule has 1 aliphatic carbocycles. The predicted molar refractivity (Wildman–Crippen MR) is 72.9 cm³/mol. The van der Waals surface area contributed by atoms with Gasteiger partial charge in [-0.3, -0.25) is 0 Å². The molecule has 0 aliphatic heterocycles. The number of hydrogen-bond donors (Lipinski definition) is 3. The van der Waals surface area contributed by atoms with E-state index < -0.39 is 21.3 Å². The van der Waals surface area contributed by atoms with Crippen LogP contribution in [0.5, 0.6) is 0 Å². The summed E-state index contributed by atoms with van der Waals surface area (Å²) in [6.45, 7) is 5.36. The second kappa shape index (κ2) is 4.79. The van der Waals surface area contributed by atoms with Crippen LogP contribution in [0.25, 0.3) is 0 Å². The molecule has 5 nitrogen and oxygen atoms in total. The molecule has 1 aliphatic rings. The van der Waals surface area contributed by atoms with Gasteiger partial charge in [-0.15, -0.1) is 0 Å². The van der Waals surface area contributed by atoms with Crippen molar-refractivity contribution in [3.63, 3.8) is 0 Å². The number of nitrogens with two attached hydrogens (primary N) is 1. The zero-order chi connectivity index (χ0) is 13.3. The summed E-state index contributed by atoms with van der Waals surface area (Å²) in [4.78, 5) is 0.231. The second-order valence-corrected chi connectivity index (χ2v) is 7.47. The van der Waals surface area contributed by atoms with Crippen molar-refractivity contribution in [1.82, 2.24) is 9.44 Å². The second-order valence-electron chi connectivity index (χ2n) is 5.61. The highest BCUT2D eigenvalue weighted by atomic mass is 32.2. The van der Waals surface area contributed by atoms with E-state index in [-0.39, 0.29) is 4.99 Å². The smallest absolute Gasteiger partial charge is 0.278 e. The maximum absolute atomic E-state index is 12.0. The van der Waals surface area contributed by atoms with E-state index in [1.807, 2.05) is 0 Å². The third-order valence-corrected chi connectivity index (χ3v) is 4.63. The number of hydrogen-bond acceptors (Lipinski definition) is 3. The van der Waals surface area contributed by atoms with Gasteiger partial charge < -0.3 is 5.73 Å². The SMILES string of the molecule is CC(C)(C)NS(=O)(=O)NC1(C(N)=S)CCCC1. The summed E-state index contributed by atoms with van der Waals surface area (Å²) in [5.74, 6) is 0. The van der Waals surface area contributed by atoms with Gasteiger partial charge in [-0.05, 0) is 33.6 Å². The van der Waals surface area contributed by atoms with Crippen LogP contribution < -0.4 is 15.2 Å². The molecule has 0 aromatic carbocycles. The van der Waals surface area contributed by atoms with Crippen LogP contribution in [0.3, 0.4) is 0 Å². The zero-order valence-corrected chi connectivity index (χ0v) is 12.2. The van der Waals surface area contributed by atoms with Crippen LogP contribution in [0.15, 0.2) is 0 Å². The average molecular weight is 279 g/mol. The molecule has 0 saturated heterocycles. The van der Waals surface area contributed by atoms with Gasteiger partial charge in [0.25, 0.3) is 10.2 Å². The van der Waals surface area contributed by atoms with Crippen molar-refractivity contribution in [2.45, 2.75) is 57.5 Å². The Morgan fingerprint density at radius 1 is 1.29 bits per heavy atom. The molecule has 0 aromatic rings. The van der Waals surface area contributed by atoms with Gasteiger partial charge in [0.2, 0.25) is 0 Å². The Bertz CT molecular complexity index is 392. The molecule has 0 aromatic heterocycles. The first-order chi connectivity index (χ1) is 7.56. The molecule has 0 unspecified atom stereocenters. The van der Waals surface area contributed by atoms with Gasteiger partial charge >= 0.3 is 0 Å². The molecule has 7 heteroatoms. The monoisotopic (exact) mass is 279 g/mol. The Morgan fingerprint density at radius 2 is 1.76 bits per heavy atom.